The van der Waals surface area contributed by atoms with E-state index in [4.69, 9.17) is 21.1 Å². The molecule has 1 amide bonds. The van der Waals surface area contributed by atoms with Crippen molar-refractivity contribution in [2.24, 2.45) is 0 Å². The van der Waals surface area contributed by atoms with Gasteiger partial charge in [0.05, 0.1) is 17.7 Å². The monoisotopic (exact) mass is 419 g/mol. The number of ether oxygens (including phenoxy) is 2. The normalized spacial score (nSPS) is 18.8. The van der Waals surface area contributed by atoms with Gasteiger partial charge in [0.15, 0.2) is 0 Å². The van der Waals surface area contributed by atoms with Crippen LogP contribution in [0.1, 0.15) is 6.92 Å². The smallest absolute Gasteiger partial charge is 0.244 e. The highest BCUT2D eigenvalue weighted by Gasteiger charge is 2.28. The first-order valence-electron chi connectivity index (χ1n) is 7.67. The molecule has 6 nitrogen and oxygen atoms in total. The lowest BCUT2D eigenvalue weighted by Gasteiger charge is -2.29. The molecule has 0 radical (unpaired) electrons. The van der Waals surface area contributed by atoms with E-state index in [9.17, 15) is 4.79 Å². The number of pyridine rings is 1. The van der Waals surface area contributed by atoms with Crippen molar-refractivity contribution in [1.29, 1.82) is 0 Å². The number of hydrogen-bond acceptors (Lipinski definition) is 5. The zero-order chi connectivity index (χ0) is 16.9. The maximum absolute atomic E-state index is 12.3. The second-order valence-corrected chi connectivity index (χ2v) is 5.83. The van der Waals surface area contributed by atoms with Crippen molar-refractivity contribution < 1.29 is 14.3 Å². The van der Waals surface area contributed by atoms with Crippen LogP contribution in [0.5, 0.6) is 11.5 Å². The molecule has 2 heterocycles. The molecule has 26 heavy (non-hydrogen) atoms. The lowest BCUT2D eigenvalue weighted by atomic mass is 10.1. The van der Waals surface area contributed by atoms with Crippen molar-refractivity contribution in [3.05, 3.63) is 47.7 Å². The van der Waals surface area contributed by atoms with Crippen LogP contribution in [0.15, 0.2) is 42.7 Å². The number of carbonyl (C=O) groups is 1. The van der Waals surface area contributed by atoms with E-state index in [1.54, 1.807) is 42.7 Å². The third-order valence-electron chi connectivity index (χ3n) is 3.68. The number of benzene rings is 1. The van der Waals surface area contributed by atoms with Crippen LogP contribution in [0.25, 0.3) is 0 Å². The minimum absolute atomic E-state index is 0. The molecule has 0 saturated carbocycles. The van der Waals surface area contributed by atoms with Gasteiger partial charge in [-0.3, -0.25) is 9.78 Å². The Morgan fingerprint density at radius 2 is 2.04 bits per heavy atom. The summed E-state index contributed by atoms with van der Waals surface area (Å²) < 4.78 is 11.2. The van der Waals surface area contributed by atoms with Crippen LogP contribution in [0.4, 0.5) is 5.69 Å². The van der Waals surface area contributed by atoms with Gasteiger partial charge in [-0.2, -0.15) is 0 Å². The average molecular weight is 421 g/mol. The lowest BCUT2D eigenvalue weighted by Crippen LogP contribution is -2.53. The first kappa shape index (κ1) is 22.5. The van der Waals surface area contributed by atoms with Gasteiger partial charge in [-0.15, -0.1) is 24.8 Å². The molecular weight excluding hydrogens is 401 g/mol. The van der Waals surface area contributed by atoms with Gasteiger partial charge >= 0.3 is 0 Å². The summed E-state index contributed by atoms with van der Waals surface area (Å²) >= 11 is 6.24. The van der Waals surface area contributed by atoms with E-state index in [1.807, 2.05) is 6.92 Å². The maximum atomic E-state index is 12.3. The Morgan fingerprint density at radius 3 is 2.69 bits per heavy atom. The molecule has 2 atom stereocenters. The second kappa shape index (κ2) is 10.5. The summed E-state index contributed by atoms with van der Waals surface area (Å²) in [5.41, 5.74) is 0.603. The largest absolute Gasteiger partial charge is 0.456 e. The summed E-state index contributed by atoms with van der Waals surface area (Å²) in [6.45, 7) is 3.13. The zero-order valence-corrected chi connectivity index (χ0v) is 16.4. The number of halogens is 3. The zero-order valence-electron chi connectivity index (χ0n) is 14.0. The fourth-order valence-electron chi connectivity index (χ4n) is 2.44. The van der Waals surface area contributed by atoms with E-state index in [1.165, 1.54) is 0 Å². The van der Waals surface area contributed by atoms with E-state index in [0.29, 0.717) is 35.4 Å². The van der Waals surface area contributed by atoms with Crippen LogP contribution < -0.4 is 15.4 Å². The quantitative estimate of drug-likeness (QED) is 0.789. The number of carbonyl (C=O) groups excluding carboxylic acids is 1. The summed E-state index contributed by atoms with van der Waals surface area (Å²) in [5.74, 6) is 0.996. The van der Waals surface area contributed by atoms with E-state index < -0.39 is 0 Å². The number of amides is 1. The second-order valence-electron chi connectivity index (χ2n) is 5.43. The standard InChI is InChI=1S/C17H18ClN3O3.2ClH/c1-11-16(20-8-9-23-11)17(22)21-12-2-3-15(14(18)10-12)24-13-4-6-19-7-5-13;;/h2-7,10-11,16,20H,8-9H2,1H3,(H,21,22);2*1H/t11-,16+;;/m1../s1. The molecule has 1 aromatic carbocycles. The fraction of sp³-hybridized carbons (Fsp3) is 0.294. The topological polar surface area (TPSA) is 72.5 Å². The molecule has 1 saturated heterocycles. The first-order valence-corrected chi connectivity index (χ1v) is 8.04. The predicted octanol–water partition coefficient (Wildman–Crippen LogP) is 3.69. The Balaban J connectivity index is 0.00000169. The molecule has 2 aromatic rings. The number of nitrogens with one attached hydrogen (secondary N) is 2. The number of nitrogens with zero attached hydrogens (tertiary/aromatic N) is 1. The van der Waals surface area contributed by atoms with Gasteiger partial charge in [0.2, 0.25) is 5.91 Å². The van der Waals surface area contributed by atoms with Crippen molar-refractivity contribution >= 4 is 48.0 Å². The highest BCUT2D eigenvalue weighted by Crippen LogP contribution is 2.31. The Labute approximate surface area is 169 Å². The molecule has 142 valence electrons. The molecule has 1 fully saturated rings. The molecule has 9 heteroatoms. The van der Waals surface area contributed by atoms with Gasteiger partial charge in [-0.1, -0.05) is 11.6 Å². The Hall–Kier alpha value is -1.57. The van der Waals surface area contributed by atoms with E-state index in [-0.39, 0.29) is 42.9 Å². The molecule has 2 N–H and O–H groups in total. The molecular formula is C17H20Cl3N3O3. The van der Waals surface area contributed by atoms with E-state index in [2.05, 4.69) is 15.6 Å². The van der Waals surface area contributed by atoms with Crippen LogP contribution >= 0.6 is 36.4 Å². The molecule has 0 bridgehead atoms. The highest BCUT2D eigenvalue weighted by atomic mass is 35.5. The molecule has 3 rings (SSSR count). The van der Waals surface area contributed by atoms with E-state index >= 15 is 0 Å². The van der Waals surface area contributed by atoms with Crippen molar-refractivity contribution in [1.82, 2.24) is 10.3 Å². The van der Waals surface area contributed by atoms with Crippen LogP contribution in [0.2, 0.25) is 5.02 Å². The first-order chi connectivity index (χ1) is 11.6. The van der Waals surface area contributed by atoms with Crippen LogP contribution in [0.3, 0.4) is 0 Å². The summed E-state index contributed by atoms with van der Waals surface area (Å²) in [6.07, 6.45) is 3.10. The third-order valence-corrected chi connectivity index (χ3v) is 3.97. The number of anilines is 1. The molecule has 0 aliphatic carbocycles. The Bertz CT molecular complexity index is 719. The van der Waals surface area contributed by atoms with Crippen LogP contribution in [-0.4, -0.2) is 36.2 Å². The molecule has 1 aliphatic heterocycles. The number of rotatable bonds is 4. The molecule has 1 aromatic heterocycles. The van der Waals surface area contributed by atoms with Gasteiger partial charge < -0.3 is 20.1 Å². The average Bonchev–Trinajstić information content (AvgIpc) is 2.58. The minimum atomic E-state index is -0.384. The molecule has 1 aliphatic rings. The molecule has 0 spiro atoms. The van der Waals surface area contributed by atoms with Gasteiger partial charge in [0.25, 0.3) is 0 Å². The van der Waals surface area contributed by atoms with Crippen molar-refractivity contribution in [3.63, 3.8) is 0 Å². The van der Waals surface area contributed by atoms with Crippen molar-refractivity contribution in [3.8, 4) is 11.5 Å². The third kappa shape index (κ3) is 5.72. The van der Waals surface area contributed by atoms with Crippen LogP contribution in [-0.2, 0) is 9.53 Å². The van der Waals surface area contributed by atoms with Crippen molar-refractivity contribution in [2.45, 2.75) is 19.1 Å². The van der Waals surface area contributed by atoms with Gasteiger partial charge in [0, 0.05) is 24.6 Å². The van der Waals surface area contributed by atoms with Gasteiger partial charge in [0.1, 0.15) is 17.5 Å². The summed E-state index contributed by atoms with van der Waals surface area (Å²) in [5, 5.41) is 6.40. The highest BCUT2D eigenvalue weighted by molar-refractivity contribution is 6.32. The number of morpholine rings is 1. The Morgan fingerprint density at radius 1 is 1.31 bits per heavy atom. The fourth-order valence-corrected chi connectivity index (χ4v) is 2.66. The maximum Gasteiger partial charge on any atom is 0.244 e. The van der Waals surface area contributed by atoms with Gasteiger partial charge in [-0.25, -0.2) is 0 Å². The number of aromatic nitrogens is 1. The van der Waals surface area contributed by atoms with Gasteiger partial charge in [-0.05, 0) is 37.3 Å². The summed E-state index contributed by atoms with van der Waals surface area (Å²) in [7, 11) is 0. The predicted molar refractivity (Wildman–Crippen MR) is 106 cm³/mol. The summed E-state index contributed by atoms with van der Waals surface area (Å²) in [6, 6.07) is 8.21. The minimum Gasteiger partial charge on any atom is -0.456 e. The lowest BCUT2D eigenvalue weighted by molar-refractivity contribution is -0.123. The van der Waals surface area contributed by atoms with Crippen molar-refractivity contribution in [2.75, 3.05) is 18.5 Å². The van der Waals surface area contributed by atoms with Crippen LogP contribution in [0, 0.1) is 0 Å². The number of hydrogen-bond donors (Lipinski definition) is 2. The van der Waals surface area contributed by atoms with E-state index in [0.717, 1.165) is 0 Å². The SMILES string of the molecule is C[C@H]1OCCN[C@@H]1C(=O)Nc1ccc(Oc2ccncc2)c(Cl)c1.Cl.Cl. The summed E-state index contributed by atoms with van der Waals surface area (Å²) in [4.78, 5) is 16.3. The Kier molecular flexibility index (Phi) is 9.12. The molecule has 0 unspecified atom stereocenters.